The van der Waals surface area contributed by atoms with E-state index in [0.717, 1.165) is 0 Å². The molecule has 1 aromatic rings. The minimum atomic E-state index is -1.33. The highest BCUT2D eigenvalue weighted by molar-refractivity contribution is 5.95. The fourth-order valence-electron chi connectivity index (χ4n) is 1.22. The van der Waals surface area contributed by atoms with Crippen LogP contribution in [0.5, 0.6) is 0 Å². The predicted molar refractivity (Wildman–Crippen MR) is 62.6 cm³/mol. The molecule has 100 valence electrons. The molecule has 1 rings (SSSR count). The third-order valence-electron chi connectivity index (χ3n) is 2.15. The van der Waals surface area contributed by atoms with Crippen molar-refractivity contribution in [3.8, 4) is 0 Å². The minimum absolute atomic E-state index is 0.203. The Morgan fingerprint density at radius 3 is 2.26 bits per heavy atom. The highest BCUT2D eigenvalue weighted by Gasteiger charge is 2.15. The van der Waals surface area contributed by atoms with Gasteiger partial charge in [-0.15, -0.1) is 0 Å². The predicted octanol–water partition coefficient (Wildman–Crippen LogP) is 1.47. The van der Waals surface area contributed by atoms with Crippen LogP contribution in [0.2, 0.25) is 0 Å². The summed E-state index contributed by atoms with van der Waals surface area (Å²) in [7, 11) is 0. The lowest BCUT2D eigenvalue weighted by Crippen LogP contribution is -2.16. The van der Waals surface area contributed by atoms with Gasteiger partial charge in [-0.2, -0.15) is 0 Å². The Morgan fingerprint density at radius 2 is 1.74 bits per heavy atom. The number of carbonyl (C=O) groups is 3. The van der Waals surface area contributed by atoms with Gasteiger partial charge in [0.1, 0.15) is 5.82 Å². The summed E-state index contributed by atoms with van der Waals surface area (Å²) >= 11 is 0. The van der Waals surface area contributed by atoms with E-state index in [2.05, 4.69) is 11.3 Å². The molecule has 0 bridgehead atoms. The maximum absolute atomic E-state index is 12.6. The van der Waals surface area contributed by atoms with Gasteiger partial charge in [-0.05, 0) is 17.7 Å². The normalized spacial score (nSPS) is 9.74. The second kappa shape index (κ2) is 6.44. The lowest BCUT2D eigenvalue weighted by Gasteiger charge is -2.03. The Labute approximate surface area is 108 Å². The summed E-state index contributed by atoms with van der Waals surface area (Å²) < 4.78 is 17.0. The summed E-state index contributed by atoms with van der Waals surface area (Å²) in [6.45, 7) is 3.14. The fourth-order valence-corrected chi connectivity index (χ4v) is 1.22. The third-order valence-corrected chi connectivity index (χ3v) is 2.15. The molecule has 0 radical (unpaired) electrons. The van der Waals surface area contributed by atoms with Crippen LogP contribution in [0.4, 0.5) is 4.39 Å². The van der Waals surface area contributed by atoms with Crippen LogP contribution in [0.25, 0.3) is 0 Å². The number of carboxylic acid groups (broad SMARTS) is 1. The van der Waals surface area contributed by atoms with Crippen LogP contribution in [0.3, 0.4) is 0 Å². The van der Waals surface area contributed by atoms with Crippen molar-refractivity contribution in [2.75, 3.05) is 0 Å². The topological polar surface area (TPSA) is 80.7 Å². The summed E-state index contributed by atoms with van der Waals surface area (Å²) in [5, 5.41) is 8.50. The van der Waals surface area contributed by atoms with Crippen molar-refractivity contribution in [3.63, 3.8) is 0 Å². The van der Waals surface area contributed by atoms with E-state index in [1.807, 2.05) is 0 Å². The Hall–Kier alpha value is -2.50. The SMILES string of the molecule is C=C(CC(=O)OC(=O)Cc1ccc(F)cc1)C(=O)O. The van der Waals surface area contributed by atoms with Gasteiger partial charge < -0.3 is 9.84 Å². The largest absolute Gasteiger partial charge is 0.478 e. The molecule has 0 aliphatic heterocycles. The quantitative estimate of drug-likeness (QED) is 0.496. The van der Waals surface area contributed by atoms with Gasteiger partial charge in [0, 0.05) is 5.57 Å². The number of aliphatic carboxylic acids is 1. The number of hydrogen-bond donors (Lipinski definition) is 1. The Balaban J connectivity index is 2.47. The molecule has 0 aliphatic carbocycles. The highest BCUT2D eigenvalue weighted by atomic mass is 19.1. The van der Waals surface area contributed by atoms with Crippen molar-refractivity contribution < 1.29 is 28.6 Å². The lowest BCUT2D eigenvalue weighted by atomic mass is 10.1. The number of halogens is 1. The summed E-state index contributed by atoms with van der Waals surface area (Å²) in [6.07, 6.45) is -0.768. The van der Waals surface area contributed by atoms with Gasteiger partial charge in [0.15, 0.2) is 0 Å². The summed E-state index contributed by atoms with van der Waals surface area (Å²) in [5.41, 5.74) is 0.121. The molecule has 6 heteroatoms. The van der Waals surface area contributed by atoms with E-state index >= 15 is 0 Å². The average Bonchev–Trinajstić information content (AvgIpc) is 2.31. The maximum atomic E-state index is 12.6. The van der Waals surface area contributed by atoms with Gasteiger partial charge >= 0.3 is 17.9 Å². The van der Waals surface area contributed by atoms with Crippen LogP contribution in [-0.2, 0) is 25.5 Å². The first kappa shape index (κ1) is 14.6. The second-order valence-corrected chi connectivity index (χ2v) is 3.73. The number of ether oxygens (including phenoxy) is 1. The number of carbonyl (C=O) groups excluding carboxylic acids is 2. The van der Waals surface area contributed by atoms with E-state index in [9.17, 15) is 18.8 Å². The van der Waals surface area contributed by atoms with Crippen molar-refractivity contribution in [2.45, 2.75) is 12.8 Å². The second-order valence-electron chi connectivity index (χ2n) is 3.73. The number of carboxylic acids is 1. The van der Waals surface area contributed by atoms with Gasteiger partial charge in [-0.3, -0.25) is 9.59 Å². The first-order valence-corrected chi connectivity index (χ1v) is 5.27. The molecule has 0 unspecified atom stereocenters. The van der Waals surface area contributed by atoms with Crippen molar-refractivity contribution in [1.82, 2.24) is 0 Å². The molecule has 0 aliphatic rings. The molecule has 0 heterocycles. The maximum Gasteiger partial charge on any atom is 0.331 e. The number of benzene rings is 1. The van der Waals surface area contributed by atoms with Gasteiger partial charge in [-0.1, -0.05) is 18.7 Å². The van der Waals surface area contributed by atoms with Crippen molar-refractivity contribution >= 4 is 17.9 Å². The van der Waals surface area contributed by atoms with E-state index < -0.39 is 30.1 Å². The molecule has 0 fully saturated rings. The molecular formula is C13H11FO5. The molecule has 0 spiro atoms. The smallest absolute Gasteiger partial charge is 0.331 e. The first-order chi connectivity index (χ1) is 8.88. The van der Waals surface area contributed by atoms with E-state index in [1.54, 1.807) is 0 Å². The molecule has 0 aromatic heterocycles. The molecule has 1 N–H and O–H groups in total. The van der Waals surface area contributed by atoms with Gasteiger partial charge in [-0.25, -0.2) is 9.18 Å². The number of esters is 2. The molecule has 0 saturated carbocycles. The Bertz CT molecular complexity index is 518. The Kier molecular flexibility index (Phi) is 4.93. The van der Waals surface area contributed by atoms with Crippen LogP contribution >= 0.6 is 0 Å². The standard InChI is InChI=1S/C13H11FO5/c1-8(13(17)18)6-11(15)19-12(16)7-9-2-4-10(14)5-3-9/h2-5H,1,6-7H2,(H,17,18). The van der Waals surface area contributed by atoms with Crippen molar-refractivity contribution in [1.29, 1.82) is 0 Å². The van der Waals surface area contributed by atoms with E-state index in [0.29, 0.717) is 5.56 Å². The average molecular weight is 266 g/mol. The zero-order chi connectivity index (χ0) is 14.4. The van der Waals surface area contributed by atoms with Crippen LogP contribution < -0.4 is 0 Å². The number of rotatable bonds is 5. The van der Waals surface area contributed by atoms with E-state index in [4.69, 9.17) is 5.11 Å². The van der Waals surface area contributed by atoms with Gasteiger partial charge in [0.25, 0.3) is 0 Å². The zero-order valence-corrected chi connectivity index (χ0v) is 9.89. The van der Waals surface area contributed by atoms with Crippen LogP contribution in [-0.4, -0.2) is 23.0 Å². The first-order valence-electron chi connectivity index (χ1n) is 5.27. The van der Waals surface area contributed by atoms with Crippen LogP contribution in [0.15, 0.2) is 36.4 Å². The molecule has 19 heavy (non-hydrogen) atoms. The molecule has 0 atom stereocenters. The van der Waals surface area contributed by atoms with E-state index in [1.165, 1.54) is 24.3 Å². The van der Waals surface area contributed by atoms with Crippen molar-refractivity contribution in [2.24, 2.45) is 0 Å². The molecule has 0 saturated heterocycles. The Morgan fingerprint density at radius 1 is 1.16 bits per heavy atom. The monoisotopic (exact) mass is 266 g/mol. The highest BCUT2D eigenvalue weighted by Crippen LogP contribution is 2.06. The number of hydrogen-bond acceptors (Lipinski definition) is 4. The van der Waals surface area contributed by atoms with Gasteiger partial charge in [0.05, 0.1) is 12.8 Å². The van der Waals surface area contributed by atoms with Crippen LogP contribution in [0, 0.1) is 5.82 Å². The molecule has 1 aromatic carbocycles. The summed E-state index contributed by atoms with van der Waals surface area (Å²) in [6, 6.07) is 5.13. The van der Waals surface area contributed by atoms with E-state index in [-0.39, 0.29) is 12.0 Å². The van der Waals surface area contributed by atoms with Crippen LogP contribution in [0.1, 0.15) is 12.0 Å². The minimum Gasteiger partial charge on any atom is -0.478 e. The molecule has 5 nitrogen and oxygen atoms in total. The fraction of sp³-hybridized carbons (Fsp3) is 0.154. The molecular weight excluding hydrogens is 255 g/mol. The zero-order valence-electron chi connectivity index (χ0n) is 9.89. The lowest BCUT2D eigenvalue weighted by molar-refractivity contribution is -0.159. The molecule has 0 amide bonds. The summed E-state index contributed by atoms with van der Waals surface area (Å²) in [4.78, 5) is 32.9. The third kappa shape index (κ3) is 5.12. The summed E-state index contributed by atoms with van der Waals surface area (Å²) in [5.74, 6) is -3.59. The van der Waals surface area contributed by atoms with Crippen molar-refractivity contribution in [3.05, 3.63) is 47.8 Å². The van der Waals surface area contributed by atoms with Gasteiger partial charge in [0.2, 0.25) is 0 Å².